The van der Waals surface area contributed by atoms with Gasteiger partial charge in [-0.15, -0.1) is 0 Å². The first-order valence-electron chi connectivity index (χ1n) is 5.72. The standard InChI is InChI=1S/C13H16N4O2/c1-17(2)13-15-7-6-12(16-13)19-11-8-9(14)4-5-10(11)18-3/h4-8H,14H2,1-3H3. The number of methoxy groups -OCH3 is 1. The van der Waals surface area contributed by atoms with Crippen LogP contribution >= 0.6 is 0 Å². The van der Waals surface area contributed by atoms with Crippen LogP contribution in [0.3, 0.4) is 0 Å². The molecule has 0 aliphatic heterocycles. The van der Waals surface area contributed by atoms with E-state index in [-0.39, 0.29) is 0 Å². The molecule has 0 radical (unpaired) electrons. The van der Waals surface area contributed by atoms with Gasteiger partial charge in [-0.05, 0) is 12.1 Å². The minimum absolute atomic E-state index is 0.433. The molecule has 0 saturated carbocycles. The molecule has 100 valence electrons. The molecule has 0 amide bonds. The van der Waals surface area contributed by atoms with Crippen LogP contribution in [0.1, 0.15) is 0 Å². The Balaban J connectivity index is 2.30. The van der Waals surface area contributed by atoms with Crippen LogP contribution in [0.15, 0.2) is 30.5 Å². The second-order valence-electron chi connectivity index (χ2n) is 4.10. The molecule has 2 rings (SSSR count). The largest absolute Gasteiger partial charge is 0.493 e. The number of benzene rings is 1. The zero-order chi connectivity index (χ0) is 13.8. The van der Waals surface area contributed by atoms with Gasteiger partial charge in [-0.3, -0.25) is 0 Å². The van der Waals surface area contributed by atoms with E-state index in [2.05, 4.69) is 9.97 Å². The molecule has 6 nitrogen and oxygen atoms in total. The van der Waals surface area contributed by atoms with Crippen molar-refractivity contribution in [2.45, 2.75) is 0 Å². The molecular formula is C13H16N4O2. The van der Waals surface area contributed by atoms with E-state index in [9.17, 15) is 0 Å². The smallest absolute Gasteiger partial charge is 0.228 e. The molecule has 6 heteroatoms. The summed E-state index contributed by atoms with van der Waals surface area (Å²) in [6, 6.07) is 6.86. The number of hydrogen-bond acceptors (Lipinski definition) is 6. The highest BCUT2D eigenvalue weighted by atomic mass is 16.5. The molecule has 0 atom stereocenters. The van der Waals surface area contributed by atoms with Crippen molar-refractivity contribution in [3.8, 4) is 17.4 Å². The highest BCUT2D eigenvalue weighted by Crippen LogP contribution is 2.32. The summed E-state index contributed by atoms with van der Waals surface area (Å²) in [5.41, 5.74) is 6.33. The van der Waals surface area contributed by atoms with Crippen molar-refractivity contribution in [3.05, 3.63) is 30.5 Å². The lowest BCUT2D eigenvalue weighted by Gasteiger charge is -2.13. The number of nitrogen functional groups attached to an aromatic ring is 1. The fourth-order valence-corrected chi connectivity index (χ4v) is 1.49. The second-order valence-corrected chi connectivity index (χ2v) is 4.10. The number of aromatic nitrogens is 2. The average molecular weight is 260 g/mol. The van der Waals surface area contributed by atoms with Gasteiger partial charge in [0.2, 0.25) is 11.8 Å². The molecule has 1 heterocycles. The third-order valence-corrected chi connectivity index (χ3v) is 2.42. The first-order valence-corrected chi connectivity index (χ1v) is 5.72. The number of nitrogens with two attached hydrogens (primary N) is 1. The summed E-state index contributed by atoms with van der Waals surface area (Å²) in [4.78, 5) is 10.2. The summed E-state index contributed by atoms with van der Waals surface area (Å²) in [7, 11) is 5.30. The van der Waals surface area contributed by atoms with Crippen molar-refractivity contribution in [1.29, 1.82) is 0 Å². The average Bonchev–Trinajstić information content (AvgIpc) is 2.39. The number of hydrogen-bond donors (Lipinski definition) is 1. The Labute approximate surface area is 111 Å². The SMILES string of the molecule is COc1ccc(N)cc1Oc1ccnc(N(C)C)n1. The molecule has 2 aromatic rings. The normalized spacial score (nSPS) is 10.1. The van der Waals surface area contributed by atoms with Crippen molar-refractivity contribution >= 4 is 11.6 Å². The van der Waals surface area contributed by atoms with Gasteiger partial charge in [-0.25, -0.2) is 4.98 Å². The van der Waals surface area contributed by atoms with Crippen molar-refractivity contribution in [1.82, 2.24) is 9.97 Å². The minimum atomic E-state index is 0.433. The van der Waals surface area contributed by atoms with Crippen molar-refractivity contribution in [2.75, 3.05) is 31.8 Å². The maximum absolute atomic E-state index is 5.74. The zero-order valence-corrected chi connectivity index (χ0v) is 11.1. The molecule has 2 N–H and O–H groups in total. The van der Waals surface area contributed by atoms with E-state index < -0.39 is 0 Å². The Kier molecular flexibility index (Phi) is 3.70. The fraction of sp³-hybridized carbons (Fsp3) is 0.231. The van der Waals surface area contributed by atoms with Crippen LogP contribution in [0.25, 0.3) is 0 Å². The number of nitrogens with zero attached hydrogens (tertiary/aromatic N) is 3. The maximum Gasteiger partial charge on any atom is 0.228 e. The third-order valence-electron chi connectivity index (χ3n) is 2.42. The van der Waals surface area contributed by atoms with Gasteiger partial charge in [0.15, 0.2) is 11.5 Å². The van der Waals surface area contributed by atoms with Gasteiger partial charge in [0.1, 0.15) is 0 Å². The van der Waals surface area contributed by atoms with Crippen molar-refractivity contribution in [2.24, 2.45) is 0 Å². The molecule has 19 heavy (non-hydrogen) atoms. The molecule has 0 saturated heterocycles. The van der Waals surface area contributed by atoms with Crippen LogP contribution in [0.5, 0.6) is 17.4 Å². The predicted octanol–water partition coefficient (Wildman–Crippen LogP) is 1.93. The Morgan fingerprint density at radius 2 is 1.95 bits per heavy atom. The first kappa shape index (κ1) is 12.9. The summed E-state index contributed by atoms with van der Waals surface area (Å²) in [6.45, 7) is 0. The molecular weight excluding hydrogens is 244 g/mol. The fourth-order valence-electron chi connectivity index (χ4n) is 1.49. The highest BCUT2D eigenvalue weighted by molar-refractivity contribution is 5.53. The Bertz CT molecular complexity index is 572. The zero-order valence-electron chi connectivity index (χ0n) is 11.1. The lowest BCUT2D eigenvalue weighted by atomic mass is 10.3. The van der Waals surface area contributed by atoms with E-state index in [0.717, 1.165) is 0 Å². The molecule has 0 aliphatic rings. The van der Waals surface area contributed by atoms with Crippen molar-refractivity contribution in [3.63, 3.8) is 0 Å². The van der Waals surface area contributed by atoms with Crippen LogP contribution in [0, 0.1) is 0 Å². The highest BCUT2D eigenvalue weighted by Gasteiger charge is 2.08. The Hall–Kier alpha value is -2.50. The molecule has 0 spiro atoms. The number of rotatable bonds is 4. The maximum atomic E-state index is 5.74. The monoisotopic (exact) mass is 260 g/mol. The third kappa shape index (κ3) is 3.04. The van der Waals surface area contributed by atoms with Gasteiger partial charge in [-0.1, -0.05) is 0 Å². The van der Waals surface area contributed by atoms with E-state index in [1.807, 2.05) is 14.1 Å². The summed E-state index contributed by atoms with van der Waals surface area (Å²) in [5.74, 6) is 2.12. The number of anilines is 2. The summed E-state index contributed by atoms with van der Waals surface area (Å²) < 4.78 is 10.9. The lowest BCUT2D eigenvalue weighted by molar-refractivity contribution is 0.374. The van der Waals surface area contributed by atoms with Crippen molar-refractivity contribution < 1.29 is 9.47 Å². The Morgan fingerprint density at radius 1 is 1.16 bits per heavy atom. The van der Waals surface area contributed by atoms with E-state index in [1.54, 1.807) is 42.5 Å². The van der Waals surface area contributed by atoms with Gasteiger partial charge < -0.3 is 20.1 Å². The molecule has 0 fully saturated rings. The molecule has 0 unspecified atom stereocenters. The summed E-state index contributed by atoms with van der Waals surface area (Å²) in [5, 5.41) is 0. The number of ether oxygens (including phenoxy) is 2. The predicted molar refractivity (Wildman–Crippen MR) is 73.8 cm³/mol. The van der Waals surface area contributed by atoms with Gasteiger partial charge in [-0.2, -0.15) is 4.98 Å². The topological polar surface area (TPSA) is 73.5 Å². The Morgan fingerprint density at radius 3 is 2.63 bits per heavy atom. The van der Waals surface area contributed by atoms with E-state index in [0.29, 0.717) is 29.0 Å². The minimum Gasteiger partial charge on any atom is -0.493 e. The van der Waals surface area contributed by atoms with Gasteiger partial charge >= 0.3 is 0 Å². The van der Waals surface area contributed by atoms with Crippen LogP contribution in [-0.2, 0) is 0 Å². The quantitative estimate of drug-likeness (QED) is 0.847. The first-order chi connectivity index (χ1) is 9.10. The molecule has 0 aliphatic carbocycles. The summed E-state index contributed by atoms with van der Waals surface area (Å²) >= 11 is 0. The molecule has 1 aromatic carbocycles. The van der Waals surface area contributed by atoms with E-state index >= 15 is 0 Å². The van der Waals surface area contributed by atoms with Gasteiger partial charge in [0.05, 0.1) is 7.11 Å². The van der Waals surface area contributed by atoms with Crippen LogP contribution in [-0.4, -0.2) is 31.2 Å². The van der Waals surface area contributed by atoms with Crippen LogP contribution in [0.4, 0.5) is 11.6 Å². The van der Waals surface area contributed by atoms with Crippen LogP contribution < -0.4 is 20.1 Å². The van der Waals surface area contributed by atoms with Gasteiger partial charge in [0, 0.05) is 38.1 Å². The molecule has 1 aromatic heterocycles. The van der Waals surface area contributed by atoms with E-state index in [4.69, 9.17) is 15.2 Å². The second kappa shape index (κ2) is 5.43. The van der Waals surface area contributed by atoms with Gasteiger partial charge in [0.25, 0.3) is 0 Å². The van der Waals surface area contributed by atoms with Crippen LogP contribution in [0.2, 0.25) is 0 Å². The van der Waals surface area contributed by atoms with E-state index in [1.165, 1.54) is 0 Å². The summed E-state index contributed by atoms with van der Waals surface area (Å²) in [6.07, 6.45) is 1.64. The molecule has 0 bridgehead atoms. The lowest BCUT2D eigenvalue weighted by Crippen LogP contribution is -2.12.